The number of piperidine rings is 2. The second-order valence-corrected chi connectivity index (χ2v) is 10.9. The van der Waals surface area contributed by atoms with E-state index in [9.17, 15) is 13.5 Å². The third-order valence-corrected chi connectivity index (χ3v) is 8.83. The van der Waals surface area contributed by atoms with E-state index in [1.54, 1.807) is 28.6 Å². The first-order valence-electron chi connectivity index (χ1n) is 10.5. The number of hydrogen-bond donors (Lipinski definition) is 1. The maximum atomic E-state index is 12.8. The first-order chi connectivity index (χ1) is 13.4. The number of sulfonamides is 1. The molecule has 3 aliphatic rings. The van der Waals surface area contributed by atoms with Crippen LogP contribution in [0.5, 0.6) is 0 Å². The fourth-order valence-electron chi connectivity index (χ4n) is 4.87. The van der Waals surface area contributed by atoms with Crippen LogP contribution in [0.25, 0.3) is 0 Å². The van der Waals surface area contributed by atoms with Gasteiger partial charge in [-0.05, 0) is 55.7 Å². The molecule has 3 saturated heterocycles. The topological polar surface area (TPSA) is 70.1 Å². The number of ether oxygens (including phenoxy) is 1. The molecule has 0 aromatic heterocycles. The third kappa shape index (κ3) is 4.14. The summed E-state index contributed by atoms with van der Waals surface area (Å²) in [5.41, 5.74) is 0.106. The van der Waals surface area contributed by atoms with Crippen molar-refractivity contribution in [2.45, 2.75) is 49.7 Å². The monoisotopic (exact) mass is 408 g/mol. The number of nitrogens with zero attached hydrogens (tertiary/aromatic N) is 2. The molecular formula is C21H32N2O4S. The molecule has 28 heavy (non-hydrogen) atoms. The van der Waals surface area contributed by atoms with Gasteiger partial charge < -0.3 is 9.84 Å². The lowest BCUT2D eigenvalue weighted by atomic mass is 9.77. The quantitative estimate of drug-likeness (QED) is 0.825. The summed E-state index contributed by atoms with van der Waals surface area (Å²) in [6.45, 7) is 6.59. The van der Waals surface area contributed by atoms with Crippen molar-refractivity contribution in [1.29, 1.82) is 0 Å². The minimum Gasteiger partial charge on any atom is -0.392 e. The maximum absolute atomic E-state index is 12.8. The van der Waals surface area contributed by atoms with Crippen molar-refractivity contribution in [1.82, 2.24) is 9.21 Å². The van der Waals surface area contributed by atoms with E-state index in [4.69, 9.17) is 4.74 Å². The van der Waals surface area contributed by atoms with Crippen LogP contribution in [0.3, 0.4) is 0 Å². The number of benzene rings is 1. The average Bonchev–Trinajstić information content (AvgIpc) is 3.08. The van der Waals surface area contributed by atoms with Crippen LogP contribution < -0.4 is 0 Å². The molecule has 0 amide bonds. The Balaban J connectivity index is 1.31. The van der Waals surface area contributed by atoms with Crippen LogP contribution >= 0.6 is 0 Å². The van der Waals surface area contributed by atoms with Crippen molar-refractivity contribution < 1.29 is 18.3 Å². The summed E-state index contributed by atoms with van der Waals surface area (Å²) in [7, 11) is -3.40. The van der Waals surface area contributed by atoms with Gasteiger partial charge in [0.1, 0.15) is 0 Å². The van der Waals surface area contributed by atoms with Gasteiger partial charge in [-0.15, -0.1) is 0 Å². The summed E-state index contributed by atoms with van der Waals surface area (Å²) in [4.78, 5) is 2.70. The number of β-amino-alcohol motifs (C(OH)–C–C–N with tert-alkyl or cyclic N) is 1. The number of likely N-dealkylation sites (tertiary alicyclic amines) is 1. The van der Waals surface area contributed by atoms with Gasteiger partial charge in [0.15, 0.2) is 0 Å². The highest BCUT2D eigenvalue weighted by Gasteiger charge is 2.45. The van der Waals surface area contributed by atoms with E-state index in [0.29, 0.717) is 23.9 Å². The number of hydrogen-bond acceptors (Lipinski definition) is 5. The van der Waals surface area contributed by atoms with Gasteiger partial charge in [-0.3, -0.25) is 4.90 Å². The van der Waals surface area contributed by atoms with E-state index in [1.165, 1.54) is 0 Å². The SMILES string of the molecule is C[C@@H]1CCN(CC2CC3(CCN(S(=O)(=O)c4ccccc4)CC3)CO2)C[C@H]1O. The molecular weight excluding hydrogens is 376 g/mol. The highest BCUT2D eigenvalue weighted by Crippen LogP contribution is 2.43. The average molecular weight is 409 g/mol. The predicted octanol–water partition coefficient (Wildman–Crippen LogP) is 1.95. The zero-order chi connectivity index (χ0) is 19.8. The molecule has 6 nitrogen and oxygen atoms in total. The van der Waals surface area contributed by atoms with Gasteiger partial charge in [-0.25, -0.2) is 8.42 Å². The molecule has 1 N–H and O–H groups in total. The Bertz CT molecular complexity index is 762. The summed E-state index contributed by atoms with van der Waals surface area (Å²) >= 11 is 0. The number of aliphatic hydroxyl groups is 1. The molecule has 3 fully saturated rings. The summed E-state index contributed by atoms with van der Waals surface area (Å²) in [6.07, 6.45) is 3.69. The van der Waals surface area contributed by atoms with Gasteiger partial charge in [0.2, 0.25) is 10.0 Å². The van der Waals surface area contributed by atoms with Gasteiger partial charge in [0, 0.05) is 26.2 Å². The molecule has 0 aliphatic carbocycles. The molecule has 1 unspecified atom stereocenters. The molecule has 1 aromatic rings. The lowest BCUT2D eigenvalue weighted by Crippen LogP contribution is -2.46. The summed E-state index contributed by atoms with van der Waals surface area (Å²) < 4.78 is 33.4. The highest BCUT2D eigenvalue weighted by molar-refractivity contribution is 7.89. The Morgan fingerprint density at radius 3 is 2.57 bits per heavy atom. The highest BCUT2D eigenvalue weighted by atomic mass is 32.2. The van der Waals surface area contributed by atoms with Crippen LogP contribution in [0.4, 0.5) is 0 Å². The van der Waals surface area contributed by atoms with E-state index in [1.807, 2.05) is 6.07 Å². The van der Waals surface area contributed by atoms with Crippen molar-refractivity contribution >= 4 is 10.0 Å². The summed E-state index contributed by atoms with van der Waals surface area (Å²) in [6, 6.07) is 8.71. The molecule has 4 rings (SSSR count). The van der Waals surface area contributed by atoms with E-state index < -0.39 is 10.0 Å². The van der Waals surface area contributed by atoms with Gasteiger partial charge in [-0.1, -0.05) is 25.1 Å². The smallest absolute Gasteiger partial charge is 0.243 e. The Kier molecular flexibility index (Phi) is 5.82. The number of aliphatic hydroxyl groups excluding tert-OH is 1. The normalized spacial score (nSPS) is 32.0. The molecule has 3 aliphatic heterocycles. The van der Waals surface area contributed by atoms with Crippen LogP contribution in [0.2, 0.25) is 0 Å². The lowest BCUT2D eigenvalue weighted by Gasteiger charge is -2.38. The van der Waals surface area contributed by atoms with Gasteiger partial charge in [0.25, 0.3) is 0 Å². The fraction of sp³-hybridized carbons (Fsp3) is 0.714. The van der Waals surface area contributed by atoms with Crippen molar-refractivity contribution in [2.24, 2.45) is 11.3 Å². The molecule has 3 atom stereocenters. The van der Waals surface area contributed by atoms with Crippen molar-refractivity contribution in [2.75, 3.05) is 39.3 Å². The van der Waals surface area contributed by atoms with Crippen molar-refractivity contribution in [3.63, 3.8) is 0 Å². The van der Waals surface area contributed by atoms with E-state index >= 15 is 0 Å². The van der Waals surface area contributed by atoms with Gasteiger partial charge in [0.05, 0.1) is 23.7 Å². The Morgan fingerprint density at radius 2 is 1.89 bits per heavy atom. The molecule has 0 bridgehead atoms. The Hall–Kier alpha value is -0.990. The molecule has 0 saturated carbocycles. The molecule has 3 heterocycles. The second kappa shape index (κ2) is 8.03. The van der Waals surface area contributed by atoms with Crippen LogP contribution in [0.15, 0.2) is 35.2 Å². The zero-order valence-corrected chi connectivity index (χ0v) is 17.5. The molecule has 1 spiro atoms. The van der Waals surface area contributed by atoms with E-state index in [0.717, 1.165) is 51.9 Å². The molecule has 0 radical (unpaired) electrons. The van der Waals surface area contributed by atoms with Crippen LogP contribution in [-0.2, 0) is 14.8 Å². The standard InChI is InChI=1S/C21H32N2O4S/c1-17-7-10-22(15-20(17)24)14-18-13-21(16-27-18)8-11-23(12-9-21)28(25,26)19-5-3-2-4-6-19/h2-6,17-18,20,24H,7-16H2,1H3/t17-,18?,20-/m1/s1. The van der Waals surface area contributed by atoms with Crippen molar-refractivity contribution in [3.05, 3.63) is 30.3 Å². The van der Waals surface area contributed by atoms with Crippen molar-refractivity contribution in [3.8, 4) is 0 Å². The Morgan fingerprint density at radius 1 is 1.18 bits per heavy atom. The first kappa shape index (κ1) is 20.3. The van der Waals surface area contributed by atoms with E-state index in [-0.39, 0.29) is 17.6 Å². The molecule has 1 aromatic carbocycles. The van der Waals surface area contributed by atoms with Gasteiger partial charge >= 0.3 is 0 Å². The second-order valence-electron chi connectivity index (χ2n) is 8.95. The predicted molar refractivity (Wildman–Crippen MR) is 107 cm³/mol. The summed E-state index contributed by atoms with van der Waals surface area (Å²) in [5.74, 6) is 0.378. The lowest BCUT2D eigenvalue weighted by molar-refractivity contribution is 0.00123. The minimum atomic E-state index is -3.40. The van der Waals surface area contributed by atoms with Crippen LogP contribution in [0.1, 0.15) is 32.6 Å². The molecule has 156 valence electrons. The van der Waals surface area contributed by atoms with Gasteiger partial charge in [-0.2, -0.15) is 4.31 Å². The fourth-order valence-corrected chi connectivity index (χ4v) is 6.33. The largest absolute Gasteiger partial charge is 0.392 e. The first-order valence-corrected chi connectivity index (χ1v) is 11.9. The minimum absolute atomic E-state index is 0.106. The number of rotatable bonds is 4. The van der Waals surface area contributed by atoms with Crippen LogP contribution in [0, 0.1) is 11.3 Å². The summed E-state index contributed by atoms with van der Waals surface area (Å²) in [5, 5.41) is 10.1. The zero-order valence-electron chi connectivity index (χ0n) is 16.7. The molecule has 7 heteroatoms. The van der Waals surface area contributed by atoms with Crippen LogP contribution in [-0.4, -0.2) is 74.3 Å². The van der Waals surface area contributed by atoms with E-state index in [2.05, 4.69) is 11.8 Å². The maximum Gasteiger partial charge on any atom is 0.243 e. The Labute approximate surface area is 168 Å². The third-order valence-electron chi connectivity index (χ3n) is 6.91.